The minimum Gasteiger partial charge on any atom is -0.497 e. The molecule has 0 spiro atoms. The first kappa shape index (κ1) is 25.0. The Hall–Kier alpha value is -4.08. The molecule has 2 aromatic carbocycles. The van der Waals surface area contributed by atoms with Crippen molar-refractivity contribution in [3.8, 4) is 11.5 Å². The van der Waals surface area contributed by atoms with Gasteiger partial charge in [-0.3, -0.25) is 19.2 Å². The van der Waals surface area contributed by atoms with Gasteiger partial charge in [-0.1, -0.05) is 24.3 Å². The molecule has 2 fully saturated rings. The lowest BCUT2D eigenvalue weighted by Crippen LogP contribution is -2.65. The molecule has 0 N–H and O–H groups in total. The summed E-state index contributed by atoms with van der Waals surface area (Å²) < 4.78 is 21.0. The lowest BCUT2D eigenvalue weighted by Gasteiger charge is -2.50. The van der Waals surface area contributed by atoms with Crippen molar-refractivity contribution in [2.75, 3.05) is 27.3 Å². The molecule has 2 aliphatic heterocycles. The van der Waals surface area contributed by atoms with E-state index in [0.717, 1.165) is 11.1 Å². The summed E-state index contributed by atoms with van der Waals surface area (Å²) in [7, 11) is 3.12. The van der Waals surface area contributed by atoms with Crippen LogP contribution >= 0.6 is 0 Å². The van der Waals surface area contributed by atoms with Crippen molar-refractivity contribution >= 4 is 23.8 Å². The van der Waals surface area contributed by atoms with E-state index in [-0.39, 0.29) is 24.9 Å². The summed E-state index contributed by atoms with van der Waals surface area (Å²) >= 11 is 0. The third-order valence-electron chi connectivity index (χ3n) is 6.38. The van der Waals surface area contributed by atoms with Crippen molar-refractivity contribution in [2.24, 2.45) is 0 Å². The zero-order valence-corrected chi connectivity index (χ0v) is 20.5. The predicted molar refractivity (Wildman–Crippen MR) is 126 cm³/mol. The minimum absolute atomic E-state index is 0.207. The second-order valence-corrected chi connectivity index (χ2v) is 8.56. The maximum Gasteiger partial charge on any atom is 0.303 e. The molecule has 0 unspecified atom stereocenters. The molecule has 10 nitrogen and oxygen atoms in total. The molecule has 10 heteroatoms. The summed E-state index contributed by atoms with van der Waals surface area (Å²) in [5, 5.41) is 0. The number of esters is 2. The zero-order chi connectivity index (χ0) is 26.0. The molecule has 190 valence electrons. The highest BCUT2D eigenvalue weighted by Crippen LogP contribution is 2.40. The number of β-lactam (4-membered cyclic amide) rings is 2. The first-order valence-electron chi connectivity index (χ1n) is 11.5. The largest absolute Gasteiger partial charge is 0.497 e. The van der Waals surface area contributed by atoms with Gasteiger partial charge in [-0.25, -0.2) is 0 Å². The number of nitrogens with zero attached hydrogens (tertiary/aromatic N) is 2. The van der Waals surface area contributed by atoms with E-state index in [1.807, 2.05) is 24.3 Å². The lowest BCUT2D eigenvalue weighted by molar-refractivity contribution is -0.189. The molecule has 2 heterocycles. The standard InChI is InChI=1S/C26H28N2O8/c1-15(29)35-23-21(17-5-9-19(33-3)10-6-17)27(25(23)31)13-14-28-22(24(26(28)32)36-16(2)30)18-7-11-20(34-4)12-8-18/h5-12,21-24H,13-14H2,1-4H3/t21-,22-,23+,24+/m1/s1. The Morgan fingerprint density at radius 2 is 1.00 bits per heavy atom. The summed E-state index contributed by atoms with van der Waals surface area (Å²) in [4.78, 5) is 52.1. The van der Waals surface area contributed by atoms with Crippen LogP contribution in [0.1, 0.15) is 37.1 Å². The molecule has 4 atom stereocenters. The van der Waals surface area contributed by atoms with E-state index in [9.17, 15) is 19.2 Å². The van der Waals surface area contributed by atoms with Crippen LogP contribution in [0.5, 0.6) is 11.5 Å². The van der Waals surface area contributed by atoms with Crippen molar-refractivity contribution in [1.82, 2.24) is 9.80 Å². The second kappa shape index (κ2) is 10.3. The summed E-state index contributed by atoms with van der Waals surface area (Å²) in [6.07, 6.45) is -1.87. The number of ether oxygens (including phenoxy) is 4. The third kappa shape index (κ3) is 4.71. The fourth-order valence-corrected chi connectivity index (χ4v) is 4.65. The van der Waals surface area contributed by atoms with Crippen LogP contribution in [0.4, 0.5) is 0 Å². The van der Waals surface area contributed by atoms with Gasteiger partial charge in [0.25, 0.3) is 11.8 Å². The number of rotatable bonds is 9. The topological polar surface area (TPSA) is 112 Å². The van der Waals surface area contributed by atoms with E-state index in [1.165, 1.54) is 13.8 Å². The SMILES string of the molecule is COc1ccc([C@@H]2[C@H](OC(C)=O)C(=O)N2CCN2C(=O)[C@@H](OC(C)=O)[C@H]2c2ccc(OC)cc2)cc1. The Balaban J connectivity index is 1.52. The number of methoxy groups -OCH3 is 2. The quantitative estimate of drug-likeness (QED) is 0.383. The van der Waals surface area contributed by atoms with Crippen LogP contribution in [-0.4, -0.2) is 73.1 Å². The highest BCUT2D eigenvalue weighted by atomic mass is 16.6. The first-order valence-corrected chi connectivity index (χ1v) is 11.5. The summed E-state index contributed by atoms with van der Waals surface area (Å²) in [5.74, 6) is -0.454. The number of likely N-dealkylation sites (tertiary alicyclic amines) is 2. The Morgan fingerprint density at radius 3 is 1.28 bits per heavy atom. The van der Waals surface area contributed by atoms with Gasteiger partial charge < -0.3 is 28.7 Å². The third-order valence-corrected chi connectivity index (χ3v) is 6.38. The smallest absolute Gasteiger partial charge is 0.303 e. The Morgan fingerprint density at radius 1 is 0.667 bits per heavy atom. The van der Waals surface area contributed by atoms with Gasteiger partial charge in [0.2, 0.25) is 12.2 Å². The molecule has 4 rings (SSSR count). The molecule has 36 heavy (non-hydrogen) atoms. The van der Waals surface area contributed by atoms with Gasteiger partial charge in [-0.15, -0.1) is 0 Å². The van der Waals surface area contributed by atoms with Crippen LogP contribution in [0.15, 0.2) is 48.5 Å². The molecular formula is C26H28N2O8. The number of hydrogen-bond donors (Lipinski definition) is 0. The monoisotopic (exact) mass is 496 g/mol. The average molecular weight is 497 g/mol. The van der Waals surface area contributed by atoms with Crippen LogP contribution in [0, 0.1) is 0 Å². The van der Waals surface area contributed by atoms with E-state index < -0.39 is 36.2 Å². The summed E-state index contributed by atoms with van der Waals surface area (Å²) in [5.41, 5.74) is 1.56. The fourth-order valence-electron chi connectivity index (χ4n) is 4.65. The molecular weight excluding hydrogens is 468 g/mol. The molecule has 0 saturated carbocycles. The molecule has 2 aromatic rings. The molecule has 0 aliphatic carbocycles. The normalized spacial score (nSPS) is 22.9. The highest BCUT2D eigenvalue weighted by Gasteiger charge is 2.53. The molecule has 0 bridgehead atoms. The highest BCUT2D eigenvalue weighted by molar-refractivity contribution is 5.92. The van der Waals surface area contributed by atoms with Crippen molar-refractivity contribution < 1.29 is 38.1 Å². The summed E-state index contributed by atoms with van der Waals surface area (Å²) in [6.45, 7) is 2.93. The van der Waals surface area contributed by atoms with E-state index >= 15 is 0 Å². The van der Waals surface area contributed by atoms with Crippen LogP contribution in [0.3, 0.4) is 0 Å². The maximum absolute atomic E-state index is 12.9. The van der Waals surface area contributed by atoms with Gasteiger partial charge in [0.1, 0.15) is 23.6 Å². The Labute approximate surface area is 208 Å². The fraction of sp³-hybridized carbons (Fsp3) is 0.385. The minimum atomic E-state index is -0.936. The van der Waals surface area contributed by atoms with Gasteiger partial charge in [0.05, 0.1) is 14.2 Å². The predicted octanol–water partition coefficient (Wildman–Crippen LogP) is 2.03. The van der Waals surface area contributed by atoms with Crippen molar-refractivity contribution in [3.05, 3.63) is 59.7 Å². The van der Waals surface area contributed by atoms with E-state index in [1.54, 1.807) is 48.3 Å². The summed E-state index contributed by atoms with van der Waals surface area (Å²) in [6, 6.07) is 13.3. The van der Waals surface area contributed by atoms with Crippen molar-refractivity contribution in [2.45, 2.75) is 38.1 Å². The Bertz CT molecular complexity index is 1060. The van der Waals surface area contributed by atoms with Gasteiger partial charge in [-0.05, 0) is 35.4 Å². The van der Waals surface area contributed by atoms with E-state index in [2.05, 4.69) is 0 Å². The molecule has 2 aliphatic rings. The van der Waals surface area contributed by atoms with Gasteiger partial charge >= 0.3 is 11.9 Å². The maximum atomic E-state index is 12.9. The number of benzene rings is 2. The molecule has 2 saturated heterocycles. The molecule has 0 aromatic heterocycles. The number of carbonyl (C=O) groups is 4. The van der Waals surface area contributed by atoms with Crippen LogP contribution in [0.25, 0.3) is 0 Å². The lowest BCUT2D eigenvalue weighted by atomic mass is 9.88. The van der Waals surface area contributed by atoms with Crippen molar-refractivity contribution in [1.29, 1.82) is 0 Å². The molecule has 0 radical (unpaired) electrons. The Kier molecular flexibility index (Phi) is 7.14. The van der Waals surface area contributed by atoms with Gasteiger partial charge in [0.15, 0.2) is 0 Å². The van der Waals surface area contributed by atoms with Gasteiger partial charge in [-0.2, -0.15) is 0 Å². The molecule has 2 amide bonds. The number of carbonyl (C=O) groups excluding carboxylic acids is 4. The first-order chi connectivity index (χ1) is 17.2. The zero-order valence-electron chi connectivity index (χ0n) is 20.5. The van der Waals surface area contributed by atoms with E-state index in [0.29, 0.717) is 11.5 Å². The number of amides is 2. The number of hydrogen-bond acceptors (Lipinski definition) is 8. The van der Waals surface area contributed by atoms with E-state index in [4.69, 9.17) is 18.9 Å². The van der Waals surface area contributed by atoms with Crippen LogP contribution in [-0.2, 0) is 28.7 Å². The van der Waals surface area contributed by atoms with Crippen molar-refractivity contribution in [3.63, 3.8) is 0 Å². The van der Waals surface area contributed by atoms with Crippen LogP contribution < -0.4 is 9.47 Å². The average Bonchev–Trinajstić information content (AvgIpc) is 2.88. The van der Waals surface area contributed by atoms with Gasteiger partial charge in [0, 0.05) is 26.9 Å². The van der Waals surface area contributed by atoms with Crippen LogP contribution in [0.2, 0.25) is 0 Å². The second-order valence-electron chi connectivity index (χ2n) is 8.56.